The molecule has 1 fully saturated rings. The molecule has 2 heteroatoms. The molecule has 2 N–H and O–H groups in total. The van der Waals surface area contributed by atoms with Gasteiger partial charge in [0.25, 0.3) is 0 Å². The van der Waals surface area contributed by atoms with Gasteiger partial charge in [0.05, 0.1) is 7.11 Å². The lowest BCUT2D eigenvalue weighted by Crippen LogP contribution is -2.37. The van der Waals surface area contributed by atoms with Crippen LogP contribution in [0.3, 0.4) is 0 Å². The highest BCUT2D eigenvalue weighted by atomic mass is 16.5. The Balaban J connectivity index is 2.31. The van der Waals surface area contributed by atoms with Gasteiger partial charge in [0.2, 0.25) is 0 Å². The van der Waals surface area contributed by atoms with Crippen LogP contribution in [0.1, 0.15) is 68.6 Å². The molecule has 2 nitrogen and oxygen atoms in total. The molecule has 0 saturated heterocycles. The molecule has 1 aromatic rings. The Bertz CT molecular complexity index is 483. The van der Waals surface area contributed by atoms with Gasteiger partial charge in [-0.2, -0.15) is 0 Å². The SMILES string of the molecule is CCCC1CCCC(N)(c2c(C)cc(C)cc2OC)CC1. The first-order chi connectivity index (χ1) is 10.00. The van der Waals surface area contributed by atoms with Crippen LogP contribution in [0.25, 0.3) is 0 Å². The largest absolute Gasteiger partial charge is 0.496 e. The first kappa shape index (κ1) is 16.4. The van der Waals surface area contributed by atoms with Gasteiger partial charge in [-0.1, -0.05) is 38.7 Å². The van der Waals surface area contributed by atoms with Crippen LogP contribution < -0.4 is 10.5 Å². The summed E-state index contributed by atoms with van der Waals surface area (Å²) in [4.78, 5) is 0. The van der Waals surface area contributed by atoms with Crippen molar-refractivity contribution in [2.75, 3.05) is 7.11 Å². The number of ether oxygens (including phenoxy) is 1. The van der Waals surface area contributed by atoms with E-state index in [0.717, 1.165) is 24.5 Å². The third-order valence-electron chi connectivity index (χ3n) is 5.09. The molecular weight excluding hydrogens is 258 g/mol. The number of aryl methyl sites for hydroxylation is 2. The zero-order valence-electron chi connectivity index (χ0n) is 14.2. The summed E-state index contributed by atoms with van der Waals surface area (Å²) in [5.41, 5.74) is 10.4. The summed E-state index contributed by atoms with van der Waals surface area (Å²) in [6, 6.07) is 4.37. The zero-order chi connectivity index (χ0) is 15.5. The standard InChI is InChI=1S/C19H31NO/c1-5-7-16-8-6-10-19(20,11-9-16)18-15(3)12-14(2)13-17(18)21-4/h12-13,16H,5-11,20H2,1-4H3. The van der Waals surface area contributed by atoms with E-state index in [1.54, 1.807) is 7.11 Å². The quantitative estimate of drug-likeness (QED) is 0.804. The van der Waals surface area contributed by atoms with E-state index in [-0.39, 0.29) is 5.54 Å². The lowest BCUT2D eigenvalue weighted by molar-refractivity contribution is 0.339. The molecule has 0 spiro atoms. The van der Waals surface area contributed by atoms with Crippen molar-refractivity contribution < 1.29 is 4.74 Å². The second-order valence-corrected chi connectivity index (χ2v) is 6.90. The Morgan fingerprint density at radius 3 is 2.67 bits per heavy atom. The second kappa shape index (κ2) is 6.83. The molecule has 1 saturated carbocycles. The van der Waals surface area contributed by atoms with E-state index in [1.165, 1.54) is 48.8 Å². The van der Waals surface area contributed by atoms with Gasteiger partial charge in [0.1, 0.15) is 5.75 Å². The minimum Gasteiger partial charge on any atom is -0.496 e. The molecule has 1 aliphatic carbocycles. The number of rotatable bonds is 4. The summed E-state index contributed by atoms with van der Waals surface area (Å²) in [5, 5.41) is 0. The molecule has 0 aromatic heterocycles. The zero-order valence-corrected chi connectivity index (χ0v) is 14.2. The van der Waals surface area contributed by atoms with Crippen LogP contribution >= 0.6 is 0 Å². The normalized spacial score (nSPS) is 26.4. The van der Waals surface area contributed by atoms with Gasteiger partial charge < -0.3 is 10.5 Å². The molecule has 2 atom stereocenters. The maximum absolute atomic E-state index is 6.89. The minimum absolute atomic E-state index is 0.217. The minimum atomic E-state index is -0.217. The van der Waals surface area contributed by atoms with Crippen molar-refractivity contribution in [3.8, 4) is 5.75 Å². The third kappa shape index (κ3) is 3.60. The summed E-state index contributed by atoms with van der Waals surface area (Å²) in [5.74, 6) is 1.83. The molecule has 0 radical (unpaired) electrons. The van der Waals surface area contributed by atoms with Gasteiger partial charge in [0, 0.05) is 11.1 Å². The van der Waals surface area contributed by atoms with E-state index in [0.29, 0.717) is 0 Å². The van der Waals surface area contributed by atoms with E-state index in [2.05, 4.69) is 32.9 Å². The maximum atomic E-state index is 6.89. The molecule has 2 rings (SSSR count). The van der Waals surface area contributed by atoms with Crippen molar-refractivity contribution in [3.05, 3.63) is 28.8 Å². The van der Waals surface area contributed by atoms with E-state index in [9.17, 15) is 0 Å². The molecule has 2 unspecified atom stereocenters. The number of benzene rings is 1. The van der Waals surface area contributed by atoms with Crippen LogP contribution in [-0.4, -0.2) is 7.11 Å². The smallest absolute Gasteiger partial charge is 0.124 e. The van der Waals surface area contributed by atoms with Crippen LogP contribution in [0.5, 0.6) is 5.75 Å². The molecule has 0 aliphatic heterocycles. The number of nitrogens with two attached hydrogens (primary N) is 1. The molecule has 1 aromatic carbocycles. The van der Waals surface area contributed by atoms with Crippen LogP contribution in [0.15, 0.2) is 12.1 Å². The molecule has 0 heterocycles. The molecule has 118 valence electrons. The highest BCUT2D eigenvalue weighted by molar-refractivity contribution is 5.47. The fraction of sp³-hybridized carbons (Fsp3) is 0.684. The Hall–Kier alpha value is -1.02. The maximum Gasteiger partial charge on any atom is 0.124 e. The predicted octanol–water partition coefficient (Wildman–Crippen LogP) is 4.85. The average molecular weight is 289 g/mol. The number of hydrogen-bond acceptors (Lipinski definition) is 2. The monoisotopic (exact) mass is 289 g/mol. The summed E-state index contributed by atoms with van der Waals surface area (Å²) in [6.07, 6.45) is 8.61. The topological polar surface area (TPSA) is 35.2 Å². The van der Waals surface area contributed by atoms with Crippen molar-refractivity contribution in [2.24, 2.45) is 11.7 Å². The summed E-state index contributed by atoms with van der Waals surface area (Å²) < 4.78 is 5.66. The van der Waals surface area contributed by atoms with Gasteiger partial charge in [-0.3, -0.25) is 0 Å². The van der Waals surface area contributed by atoms with Crippen LogP contribution in [0.4, 0.5) is 0 Å². The first-order valence-corrected chi connectivity index (χ1v) is 8.44. The van der Waals surface area contributed by atoms with Crippen LogP contribution in [0.2, 0.25) is 0 Å². The Morgan fingerprint density at radius 1 is 1.24 bits per heavy atom. The highest BCUT2D eigenvalue weighted by Gasteiger charge is 2.34. The van der Waals surface area contributed by atoms with Crippen molar-refractivity contribution in [1.82, 2.24) is 0 Å². The molecule has 21 heavy (non-hydrogen) atoms. The van der Waals surface area contributed by atoms with Crippen molar-refractivity contribution in [2.45, 2.75) is 71.3 Å². The fourth-order valence-electron chi connectivity index (χ4n) is 4.11. The van der Waals surface area contributed by atoms with E-state index in [1.807, 2.05) is 0 Å². The fourth-order valence-corrected chi connectivity index (χ4v) is 4.11. The molecular formula is C19H31NO. The summed E-state index contributed by atoms with van der Waals surface area (Å²) in [6.45, 7) is 6.58. The van der Waals surface area contributed by atoms with Gasteiger partial charge >= 0.3 is 0 Å². The highest BCUT2D eigenvalue weighted by Crippen LogP contribution is 2.42. The predicted molar refractivity (Wildman–Crippen MR) is 89.8 cm³/mol. The molecule has 0 bridgehead atoms. The van der Waals surface area contributed by atoms with E-state index in [4.69, 9.17) is 10.5 Å². The Kier molecular flexibility index (Phi) is 5.32. The first-order valence-electron chi connectivity index (χ1n) is 8.44. The van der Waals surface area contributed by atoms with Crippen LogP contribution in [-0.2, 0) is 5.54 Å². The Morgan fingerprint density at radius 2 is 2.00 bits per heavy atom. The average Bonchev–Trinajstić information content (AvgIpc) is 2.61. The summed E-state index contributed by atoms with van der Waals surface area (Å²) >= 11 is 0. The second-order valence-electron chi connectivity index (χ2n) is 6.90. The molecule has 1 aliphatic rings. The van der Waals surface area contributed by atoms with Crippen molar-refractivity contribution >= 4 is 0 Å². The number of methoxy groups -OCH3 is 1. The van der Waals surface area contributed by atoms with Gasteiger partial charge in [-0.05, 0) is 56.2 Å². The summed E-state index contributed by atoms with van der Waals surface area (Å²) in [7, 11) is 1.76. The number of hydrogen-bond donors (Lipinski definition) is 1. The molecule has 0 amide bonds. The lowest BCUT2D eigenvalue weighted by Gasteiger charge is -2.32. The van der Waals surface area contributed by atoms with Gasteiger partial charge in [0.15, 0.2) is 0 Å². The lowest BCUT2D eigenvalue weighted by atomic mass is 9.80. The van der Waals surface area contributed by atoms with Crippen LogP contribution in [0, 0.1) is 19.8 Å². The van der Waals surface area contributed by atoms with Crippen molar-refractivity contribution in [3.63, 3.8) is 0 Å². The van der Waals surface area contributed by atoms with Gasteiger partial charge in [-0.15, -0.1) is 0 Å². The van der Waals surface area contributed by atoms with E-state index >= 15 is 0 Å². The third-order valence-corrected chi connectivity index (χ3v) is 5.09. The van der Waals surface area contributed by atoms with E-state index < -0.39 is 0 Å². The Labute approximate surface area is 130 Å². The van der Waals surface area contributed by atoms with Crippen molar-refractivity contribution in [1.29, 1.82) is 0 Å². The van der Waals surface area contributed by atoms with Gasteiger partial charge in [-0.25, -0.2) is 0 Å².